The third-order valence-electron chi connectivity index (χ3n) is 1.92. The van der Waals surface area contributed by atoms with Crippen LogP contribution in [0.1, 0.15) is 10.4 Å². The highest BCUT2D eigenvalue weighted by Crippen LogP contribution is 2.29. The van der Waals surface area contributed by atoms with Crippen molar-refractivity contribution in [3.05, 3.63) is 34.7 Å². The predicted molar refractivity (Wildman–Crippen MR) is 59.2 cm³/mol. The summed E-state index contributed by atoms with van der Waals surface area (Å²) in [6, 6.07) is 8.70. The number of rotatable bonds is 1. The van der Waals surface area contributed by atoms with E-state index >= 15 is 0 Å². The van der Waals surface area contributed by atoms with E-state index < -0.39 is 0 Å². The zero-order chi connectivity index (χ0) is 8.55. The standard InChI is InChI=1S/C10H9BrS/c1-7-3-2-4-8-5-9(6-11)12-10(7)8/h2-5H,6H2,1H3. The summed E-state index contributed by atoms with van der Waals surface area (Å²) in [5, 5.41) is 2.33. The van der Waals surface area contributed by atoms with Crippen LogP contribution < -0.4 is 0 Å². The Labute approximate surface area is 84.4 Å². The van der Waals surface area contributed by atoms with Gasteiger partial charge in [-0.1, -0.05) is 34.1 Å². The van der Waals surface area contributed by atoms with Gasteiger partial charge in [0.2, 0.25) is 0 Å². The number of fused-ring (bicyclic) bond motifs is 1. The van der Waals surface area contributed by atoms with E-state index in [2.05, 4.69) is 47.1 Å². The first-order valence-corrected chi connectivity index (χ1v) is 5.79. The van der Waals surface area contributed by atoms with Crippen molar-refractivity contribution in [2.24, 2.45) is 0 Å². The van der Waals surface area contributed by atoms with Crippen LogP contribution in [0.4, 0.5) is 0 Å². The van der Waals surface area contributed by atoms with Gasteiger partial charge in [0.25, 0.3) is 0 Å². The first-order chi connectivity index (χ1) is 5.81. The Kier molecular flexibility index (Phi) is 2.20. The van der Waals surface area contributed by atoms with Crippen LogP contribution in [-0.4, -0.2) is 0 Å². The number of halogens is 1. The van der Waals surface area contributed by atoms with Gasteiger partial charge in [0.1, 0.15) is 0 Å². The Hall–Kier alpha value is -0.340. The predicted octanol–water partition coefficient (Wildman–Crippen LogP) is 4.10. The highest BCUT2D eigenvalue weighted by Gasteiger charge is 2.01. The monoisotopic (exact) mass is 240 g/mol. The van der Waals surface area contributed by atoms with Crippen molar-refractivity contribution in [3.63, 3.8) is 0 Å². The Morgan fingerprint density at radius 2 is 2.25 bits per heavy atom. The van der Waals surface area contributed by atoms with E-state index in [1.54, 1.807) is 0 Å². The second kappa shape index (κ2) is 3.19. The quantitative estimate of drug-likeness (QED) is 0.659. The molecule has 0 nitrogen and oxygen atoms in total. The van der Waals surface area contributed by atoms with Crippen LogP contribution in [0.15, 0.2) is 24.3 Å². The Morgan fingerprint density at radius 3 is 2.92 bits per heavy atom. The first-order valence-electron chi connectivity index (χ1n) is 3.85. The van der Waals surface area contributed by atoms with Crippen LogP contribution >= 0.6 is 27.3 Å². The molecule has 0 saturated heterocycles. The lowest BCUT2D eigenvalue weighted by molar-refractivity contribution is 1.56. The molecule has 62 valence electrons. The topological polar surface area (TPSA) is 0 Å². The van der Waals surface area contributed by atoms with Crippen LogP contribution in [0.2, 0.25) is 0 Å². The third kappa shape index (κ3) is 1.29. The maximum Gasteiger partial charge on any atom is 0.0377 e. The molecule has 0 atom stereocenters. The molecule has 1 heterocycles. The van der Waals surface area contributed by atoms with Crippen molar-refractivity contribution in [1.29, 1.82) is 0 Å². The Bertz CT molecular complexity index is 403. The largest absolute Gasteiger partial charge is 0.139 e. The highest BCUT2D eigenvalue weighted by atomic mass is 79.9. The van der Waals surface area contributed by atoms with E-state index in [0.717, 1.165) is 5.33 Å². The molecule has 0 aliphatic heterocycles. The lowest BCUT2D eigenvalue weighted by atomic mass is 10.2. The molecule has 0 aliphatic carbocycles. The molecule has 2 aromatic rings. The van der Waals surface area contributed by atoms with Gasteiger partial charge in [0.05, 0.1) is 0 Å². The molecular formula is C10H9BrS. The maximum absolute atomic E-state index is 3.47. The molecule has 1 aromatic carbocycles. The van der Waals surface area contributed by atoms with Crippen LogP contribution in [0.3, 0.4) is 0 Å². The molecule has 0 amide bonds. The molecule has 0 spiro atoms. The molecule has 1 aromatic heterocycles. The molecule has 0 fully saturated rings. The van der Waals surface area contributed by atoms with Crippen molar-refractivity contribution in [2.75, 3.05) is 0 Å². The van der Waals surface area contributed by atoms with Gasteiger partial charge in [-0.15, -0.1) is 11.3 Å². The average Bonchev–Trinajstić information content (AvgIpc) is 2.49. The summed E-state index contributed by atoms with van der Waals surface area (Å²) in [4.78, 5) is 1.40. The van der Waals surface area contributed by atoms with Crippen LogP contribution in [0.25, 0.3) is 10.1 Å². The molecule has 0 N–H and O–H groups in total. The van der Waals surface area contributed by atoms with E-state index in [0.29, 0.717) is 0 Å². The number of thiophene rings is 1. The minimum atomic E-state index is 0.964. The van der Waals surface area contributed by atoms with Crippen molar-refractivity contribution >= 4 is 37.4 Å². The van der Waals surface area contributed by atoms with Crippen molar-refractivity contribution in [2.45, 2.75) is 12.3 Å². The summed E-state index contributed by atoms with van der Waals surface area (Å²) in [7, 11) is 0. The van der Waals surface area contributed by atoms with Gasteiger partial charge < -0.3 is 0 Å². The SMILES string of the molecule is Cc1cccc2cc(CBr)sc12. The second-order valence-corrected chi connectivity index (χ2v) is 4.54. The van der Waals surface area contributed by atoms with Gasteiger partial charge in [-0.25, -0.2) is 0 Å². The molecule has 12 heavy (non-hydrogen) atoms. The molecule has 0 aliphatic rings. The zero-order valence-corrected chi connectivity index (χ0v) is 9.21. The van der Waals surface area contributed by atoms with Gasteiger partial charge in [-0.2, -0.15) is 0 Å². The van der Waals surface area contributed by atoms with Crippen LogP contribution in [0, 0.1) is 6.92 Å². The Balaban J connectivity index is 2.74. The molecule has 2 rings (SSSR count). The fourth-order valence-electron chi connectivity index (χ4n) is 1.33. The third-order valence-corrected chi connectivity index (χ3v) is 4.19. The molecule has 0 unspecified atom stereocenters. The highest BCUT2D eigenvalue weighted by molar-refractivity contribution is 9.08. The van der Waals surface area contributed by atoms with E-state index in [-0.39, 0.29) is 0 Å². The average molecular weight is 241 g/mol. The summed E-state index contributed by atoms with van der Waals surface area (Å²) in [6.07, 6.45) is 0. The summed E-state index contributed by atoms with van der Waals surface area (Å²) >= 11 is 5.35. The van der Waals surface area contributed by atoms with Gasteiger partial charge in [-0.05, 0) is 23.9 Å². The van der Waals surface area contributed by atoms with E-state index in [1.807, 2.05) is 11.3 Å². The van der Waals surface area contributed by atoms with Crippen molar-refractivity contribution < 1.29 is 0 Å². The molecule has 0 radical (unpaired) electrons. The lowest BCUT2D eigenvalue weighted by Crippen LogP contribution is -1.68. The number of alkyl halides is 1. The van der Waals surface area contributed by atoms with Crippen LogP contribution in [0.5, 0.6) is 0 Å². The van der Waals surface area contributed by atoms with Crippen molar-refractivity contribution in [1.82, 2.24) is 0 Å². The lowest BCUT2D eigenvalue weighted by Gasteiger charge is -1.91. The molecular weight excluding hydrogens is 232 g/mol. The van der Waals surface area contributed by atoms with Gasteiger partial charge in [-0.3, -0.25) is 0 Å². The fourth-order valence-corrected chi connectivity index (χ4v) is 2.81. The summed E-state index contributed by atoms with van der Waals surface area (Å²) in [5.41, 5.74) is 1.38. The van der Waals surface area contributed by atoms with Crippen LogP contribution in [-0.2, 0) is 5.33 Å². The number of hydrogen-bond donors (Lipinski definition) is 0. The van der Waals surface area contributed by atoms with E-state index in [1.165, 1.54) is 20.5 Å². The summed E-state index contributed by atoms with van der Waals surface area (Å²) in [6.45, 7) is 2.16. The zero-order valence-electron chi connectivity index (χ0n) is 6.80. The number of benzene rings is 1. The number of aryl methyl sites for hydroxylation is 1. The second-order valence-electron chi connectivity index (χ2n) is 2.84. The minimum absolute atomic E-state index is 0.964. The number of hydrogen-bond acceptors (Lipinski definition) is 1. The van der Waals surface area contributed by atoms with Gasteiger partial charge in [0, 0.05) is 14.9 Å². The van der Waals surface area contributed by atoms with Gasteiger partial charge >= 0.3 is 0 Å². The maximum atomic E-state index is 3.47. The smallest absolute Gasteiger partial charge is 0.0377 e. The minimum Gasteiger partial charge on any atom is -0.139 e. The first kappa shape index (κ1) is 8.27. The van der Waals surface area contributed by atoms with E-state index in [4.69, 9.17) is 0 Å². The molecule has 0 bridgehead atoms. The molecule has 0 saturated carbocycles. The summed E-state index contributed by atoms with van der Waals surface area (Å²) < 4.78 is 1.42. The van der Waals surface area contributed by atoms with E-state index in [9.17, 15) is 0 Å². The van der Waals surface area contributed by atoms with Gasteiger partial charge in [0.15, 0.2) is 0 Å². The normalized spacial score (nSPS) is 10.8. The molecule has 2 heteroatoms. The fraction of sp³-hybridized carbons (Fsp3) is 0.200. The van der Waals surface area contributed by atoms with Crippen molar-refractivity contribution in [3.8, 4) is 0 Å². The Morgan fingerprint density at radius 1 is 1.42 bits per heavy atom. The summed E-state index contributed by atoms with van der Waals surface area (Å²) in [5.74, 6) is 0.